The molecule has 2 nitrogen and oxygen atoms in total. The number of fused-ring (bicyclic) bond motifs is 13. The molecule has 0 radical (unpaired) electrons. The van der Waals surface area contributed by atoms with Gasteiger partial charge in [-0.15, -0.1) is 0 Å². The Kier molecular flexibility index (Phi) is 4.38. The maximum Gasteiger partial charge on any atom is 0.135 e. The lowest BCUT2D eigenvalue weighted by molar-refractivity contribution is 0.591. The molecule has 0 spiro atoms. The number of nitrogens with zero attached hydrogens (tertiary/aromatic N) is 1. The molecular weight excluding hydrogens is 558 g/mol. The molecule has 1 unspecified atom stereocenters. The van der Waals surface area contributed by atoms with Crippen molar-refractivity contribution in [3.05, 3.63) is 149 Å². The van der Waals surface area contributed by atoms with Crippen LogP contribution in [0.25, 0.3) is 71.7 Å². The maximum absolute atomic E-state index is 6.40. The first-order valence-corrected chi connectivity index (χ1v) is 16.4. The second kappa shape index (κ2) is 8.08. The summed E-state index contributed by atoms with van der Waals surface area (Å²) in [5.74, 6) is 0. The van der Waals surface area contributed by atoms with Gasteiger partial charge in [0.1, 0.15) is 11.2 Å². The monoisotopic (exact) mass is 589 g/mol. The maximum atomic E-state index is 6.40. The molecule has 0 amide bonds. The van der Waals surface area contributed by atoms with Crippen molar-refractivity contribution in [2.24, 2.45) is 0 Å². The van der Waals surface area contributed by atoms with Crippen molar-refractivity contribution in [1.82, 2.24) is 4.57 Å². The van der Waals surface area contributed by atoms with E-state index in [1.165, 1.54) is 88.3 Å². The zero-order chi connectivity index (χ0) is 30.5. The zero-order valence-electron chi connectivity index (χ0n) is 26.1. The highest BCUT2D eigenvalue weighted by Gasteiger charge is 2.45. The van der Waals surface area contributed by atoms with Gasteiger partial charge >= 0.3 is 0 Å². The van der Waals surface area contributed by atoms with Crippen LogP contribution in [0.2, 0.25) is 0 Å². The number of benzene rings is 6. The lowest BCUT2D eigenvalue weighted by Crippen LogP contribution is -2.25. The Bertz CT molecular complexity index is 2710. The van der Waals surface area contributed by atoms with Gasteiger partial charge in [-0.1, -0.05) is 112 Å². The summed E-state index contributed by atoms with van der Waals surface area (Å²) in [6.07, 6.45) is 3.44. The second-order valence-electron chi connectivity index (χ2n) is 14.3. The molecule has 0 fully saturated rings. The van der Waals surface area contributed by atoms with Gasteiger partial charge in [-0.3, -0.25) is 0 Å². The fourth-order valence-electron chi connectivity index (χ4n) is 9.57. The number of aromatic nitrogens is 1. The van der Waals surface area contributed by atoms with E-state index in [1.54, 1.807) is 0 Å². The van der Waals surface area contributed by atoms with Crippen LogP contribution < -0.4 is 0 Å². The van der Waals surface area contributed by atoms with Gasteiger partial charge in [0.2, 0.25) is 0 Å². The summed E-state index contributed by atoms with van der Waals surface area (Å²) in [4.78, 5) is 0. The molecule has 2 aromatic heterocycles. The Morgan fingerprint density at radius 1 is 0.543 bits per heavy atom. The molecule has 218 valence electrons. The number of rotatable bonds is 1. The first-order chi connectivity index (χ1) is 22.4. The highest BCUT2D eigenvalue weighted by Crippen LogP contribution is 2.59. The molecule has 0 bridgehead atoms. The summed E-state index contributed by atoms with van der Waals surface area (Å²) < 4.78 is 8.96. The summed E-state index contributed by atoms with van der Waals surface area (Å²) >= 11 is 0. The summed E-state index contributed by atoms with van der Waals surface area (Å²) in [6, 6.07) is 42.8. The minimum Gasteiger partial charge on any atom is -0.456 e. The third-order valence-electron chi connectivity index (χ3n) is 11.6. The van der Waals surface area contributed by atoms with Gasteiger partial charge in [0.25, 0.3) is 0 Å². The van der Waals surface area contributed by atoms with E-state index in [0.717, 1.165) is 17.6 Å². The van der Waals surface area contributed by atoms with E-state index in [1.807, 2.05) is 0 Å². The first kappa shape index (κ1) is 24.9. The lowest BCUT2D eigenvalue weighted by Gasteiger charge is -2.34. The van der Waals surface area contributed by atoms with E-state index in [2.05, 4.69) is 147 Å². The van der Waals surface area contributed by atoms with Crippen LogP contribution in [0, 0.1) is 0 Å². The van der Waals surface area contributed by atoms with E-state index >= 15 is 0 Å². The SMILES string of the molecule is CC1(C)c2ccccc2-c2cc3c4ccccc4n(C4=CCC5(C)c6c4cccc6-c4ccc6oc7ccccc7c6c45)c3cc21. The summed E-state index contributed by atoms with van der Waals surface area (Å²) in [6.45, 7) is 7.21. The highest BCUT2D eigenvalue weighted by atomic mass is 16.3. The number of hydrogen-bond donors (Lipinski definition) is 0. The summed E-state index contributed by atoms with van der Waals surface area (Å²) in [5.41, 5.74) is 18.0. The first-order valence-electron chi connectivity index (χ1n) is 16.4. The molecule has 1 atom stereocenters. The molecule has 0 saturated heterocycles. The topological polar surface area (TPSA) is 18.1 Å². The van der Waals surface area contributed by atoms with Gasteiger partial charge in [-0.2, -0.15) is 0 Å². The predicted octanol–water partition coefficient (Wildman–Crippen LogP) is 11.6. The minimum absolute atomic E-state index is 0.0602. The van der Waals surface area contributed by atoms with Gasteiger partial charge in [0.05, 0.1) is 11.0 Å². The summed E-state index contributed by atoms with van der Waals surface area (Å²) in [7, 11) is 0. The Hall–Kier alpha value is -5.34. The fraction of sp³-hybridized carbons (Fsp3) is 0.136. The van der Waals surface area contributed by atoms with Crippen molar-refractivity contribution in [3.8, 4) is 22.3 Å². The van der Waals surface area contributed by atoms with Crippen molar-refractivity contribution in [3.63, 3.8) is 0 Å². The van der Waals surface area contributed by atoms with Crippen molar-refractivity contribution >= 4 is 49.4 Å². The molecule has 8 aromatic rings. The third-order valence-corrected chi connectivity index (χ3v) is 11.6. The minimum atomic E-state index is -0.152. The Balaban J connectivity index is 1.20. The van der Waals surface area contributed by atoms with Crippen molar-refractivity contribution in [2.45, 2.75) is 38.0 Å². The Morgan fingerprint density at radius 2 is 1.28 bits per heavy atom. The molecule has 6 aromatic carbocycles. The molecule has 0 aliphatic heterocycles. The largest absolute Gasteiger partial charge is 0.456 e. The van der Waals surface area contributed by atoms with Crippen LogP contribution in [0.3, 0.4) is 0 Å². The molecule has 0 saturated carbocycles. The quantitative estimate of drug-likeness (QED) is 0.186. The van der Waals surface area contributed by atoms with Crippen LogP contribution in [0.15, 0.2) is 126 Å². The molecule has 0 N–H and O–H groups in total. The molecule has 3 aliphatic rings. The molecule has 11 rings (SSSR count). The average molecular weight is 590 g/mol. The van der Waals surface area contributed by atoms with Crippen molar-refractivity contribution in [2.75, 3.05) is 0 Å². The van der Waals surface area contributed by atoms with Gasteiger partial charge in [-0.05, 0) is 81.3 Å². The van der Waals surface area contributed by atoms with E-state index in [0.29, 0.717) is 0 Å². The van der Waals surface area contributed by atoms with Crippen LogP contribution in [0.1, 0.15) is 55.0 Å². The van der Waals surface area contributed by atoms with Gasteiger partial charge in [-0.25, -0.2) is 0 Å². The molecular formula is C44H31NO. The average Bonchev–Trinajstić information content (AvgIpc) is 3.76. The van der Waals surface area contributed by atoms with Crippen LogP contribution >= 0.6 is 0 Å². The number of hydrogen-bond acceptors (Lipinski definition) is 1. The standard InChI is InChI=1S/C44H31NO/c1-43(2)33-16-7-4-11-25(33)31-23-32-26-12-5-8-17-35(26)45(37(32)24-34(31)43)36-21-22-44(3)41-27(14-10-15-29(36)41)28-19-20-39-40(42(28)44)30-13-6-9-18-38(30)46-39/h4-21,23-24H,22H2,1-3H3. The van der Waals surface area contributed by atoms with E-state index in [4.69, 9.17) is 4.42 Å². The van der Waals surface area contributed by atoms with Crippen LogP contribution in [-0.4, -0.2) is 4.57 Å². The highest BCUT2D eigenvalue weighted by molar-refractivity contribution is 6.14. The van der Waals surface area contributed by atoms with E-state index < -0.39 is 0 Å². The Labute approximate surface area is 267 Å². The van der Waals surface area contributed by atoms with Crippen molar-refractivity contribution in [1.29, 1.82) is 0 Å². The van der Waals surface area contributed by atoms with Crippen LogP contribution in [-0.2, 0) is 10.8 Å². The van der Waals surface area contributed by atoms with Gasteiger partial charge in [0, 0.05) is 43.6 Å². The van der Waals surface area contributed by atoms with Gasteiger partial charge in [0.15, 0.2) is 0 Å². The predicted molar refractivity (Wildman–Crippen MR) is 191 cm³/mol. The Morgan fingerprint density at radius 3 is 2.20 bits per heavy atom. The smallest absolute Gasteiger partial charge is 0.135 e. The third kappa shape index (κ3) is 2.77. The van der Waals surface area contributed by atoms with E-state index in [-0.39, 0.29) is 10.8 Å². The van der Waals surface area contributed by atoms with E-state index in [9.17, 15) is 0 Å². The normalized spacial score (nSPS) is 18.6. The zero-order valence-corrected chi connectivity index (χ0v) is 26.1. The van der Waals surface area contributed by atoms with Gasteiger partial charge < -0.3 is 8.98 Å². The molecule has 46 heavy (non-hydrogen) atoms. The second-order valence-corrected chi connectivity index (χ2v) is 14.3. The molecule has 2 heteroatoms. The van der Waals surface area contributed by atoms with Crippen LogP contribution in [0.5, 0.6) is 0 Å². The number of allylic oxidation sites excluding steroid dienone is 1. The fourth-order valence-corrected chi connectivity index (χ4v) is 9.57. The molecule has 3 aliphatic carbocycles. The number of furan rings is 1. The molecule has 2 heterocycles. The van der Waals surface area contributed by atoms with Crippen molar-refractivity contribution < 1.29 is 4.42 Å². The lowest BCUT2D eigenvalue weighted by atomic mass is 9.71. The van der Waals surface area contributed by atoms with Crippen LogP contribution in [0.4, 0.5) is 0 Å². The summed E-state index contributed by atoms with van der Waals surface area (Å²) in [5, 5.41) is 5.10. The number of para-hydroxylation sites is 2.